The van der Waals surface area contributed by atoms with Crippen LogP contribution in [0.25, 0.3) is 0 Å². The first-order valence-electron chi connectivity index (χ1n) is 4.44. The first-order valence-corrected chi connectivity index (χ1v) is 5.23. The maximum Gasteiger partial charge on any atom is 0.265 e. The lowest BCUT2D eigenvalue weighted by atomic mass is 10.2. The Morgan fingerprint density at radius 3 is 2.69 bits per heavy atom. The summed E-state index contributed by atoms with van der Waals surface area (Å²) in [5.74, 6) is 0. The summed E-state index contributed by atoms with van der Waals surface area (Å²) < 4.78 is 24.5. The first-order chi connectivity index (χ1) is 7.54. The van der Waals surface area contributed by atoms with Crippen molar-refractivity contribution in [2.24, 2.45) is 0 Å². The molecule has 1 aromatic rings. The number of nitrogens with zero attached hydrogens (tertiary/aromatic N) is 1. The minimum atomic E-state index is -2.77. The average molecular weight is 291 g/mol. The smallest absolute Gasteiger partial charge is 0.265 e. The lowest BCUT2D eigenvalue weighted by molar-refractivity contribution is 0.00384. The van der Waals surface area contributed by atoms with E-state index in [0.717, 1.165) is 0 Å². The molecule has 0 radical (unpaired) electrons. The Morgan fingerprint density at radius 1 is 1.50 bits per heavy atom. The van der Waals surface area contributed by atoms with Gasteiger partial charge in [-0.05, 0) is 34.1 Å². The molecular formula is C10H9BrF2N2O. The van der Waals surface area contributed by atoms with Gasteiger partial charge in [-0.2, -0.15) is 5.26 Å². The van der Waals surface area contributed by atoms with Crippen molar-refractivity contribution < 1.29 is 13.9 Å². The number of nitrogens with one attached hydrogen (secondary N) is 1. The number of benzene rings is 1. The molecule has 0 saturated heterocycles. The Labute approximate surface area is 99.8 Å². The molecule has 0 aliphatic carbocycles. The van der Waals surface area contributed by atoms with Crippen molar-refractivity contribution in [3.8, 4) is 6.07 Å². The normalized spacial score (nSPS) is 12.2. The highest BCUT2D eigenvalue weighted by molar-refractivity contribution is 9.10. The van der Waals surface area contributed by atoms with Gasteiger partial charge in [0.25, 0.3) is 6.43 Å². The van der Waals surface area contributed by atoms with Crippen molar-refractivity contribution in [3.63, 3.8) is 0 Å². The van der Waals surface area contributed by atoms with Crippen LogP contribution in [0, 0.1) is 11.3 Å². The Balaban J connectivity index is 2.63. The molecule has 0 saturated carbocycles. The van der Waals surface area contributed by atoms with Crippen LogP contribution in [-0.4, -0.2) is 24.2 Å². The molecule has 0 spiro atoms. The van der Waals surface area contributed by atoms with Gasteiger partial charge in [0.2, 0.25) is 0 Å². The molecule has 0 heterocycles. The van der Waals surface area contributed by atoms with E-state index in [0.29, 0.717) is 15.7 Å². The largest absolute Gasteiger partial charge is 0.385 e. The van der Waals surface area contributed by atoms with E-state index in [9.17, 15) is 8.78 Å². The molecule has 0 fully saturated rings. The molecule has 0 aliphatic heterocycles. The summed E-state index contributed by atoms with van der Waals surface area (Å²) in [5.41, 5.74) is 1.02. The van der Waals surface area contributed by atoms with Crippen molar-refractivity contribution in [2.75, 3.05) is 11.9 Å². The predicted octanol–water partition coefficient (Wildman–Crippen LogP) is 2.36. The number of rotatable bonds is 4. The van der Waals surface area contributed by atoms with Crippen LogP contribution in [0.1, 0.15) is 5.56 Å². The molecule has 1 aromatic carbocycles. The zero-order valence-electron chi connectivity index (χ0n) is 8.12. The number of alkyl halides is 2. The molecule has 1 unspecified atom stereocenters. The first kappa shape index (κ1) is 12.9. The number of hydrogen-bond donors (Lipinski definition) is 2. The fourth-order valence-electron chi connectivity index (χ4n) is 1.03. The Bertz CT molecular complexity index is 406. The second-order valence-corrected chi connectivity index (χ2v) is 3.94. The van der Waals surface area contributed by atoms with Gasteiger partial charge in [-0.1, -0.05) is 0 Å². The van der Waals surface area contributed by atoms with Crippen LogP contribution in [0.2, 0.25) is 0 Å². The second-order valence-electron chi connectivity index (χ2n) is 3.09. The summed E-state index contributed by atoms with van der Waals surface area (Å²) in [5, 5.41) is 20.2. The van der Waals surface area contributed by atoms with Crippen LogP contribution in [0.3, 0.4) is 0 Å². The lowest BCUT2D eigenvalue weighted by Crippen LogP contribution is -2.26. The number of aliphatic hydroxyl groups is 1. The molecule has 0 aromatic heterocycles. The third kappa shape index (κ3) is 3.43. The topological polar surface area (TPSA) is 56.0 Å². The van der Waals surface area contributed by atoms with E-state index < -0.39 is 12.5 Å². The van der Waals surface area contributed by atoms with E-state index in [2.05, 4.69) is 21.2 Å². The predicted molar refractivity (Wildman–Crippen MR) is 59.4 cm³/mol. The summed E-state index contributed by atoms with van der Waals surface area (Å²) in [7, 11) is 0. The monoisotopic (exact) mass is 290 g/mol. The van der Waals surface area contributed by atoms with Gasteiger partial charge < -0.3 is 10.4 Å². The van der Waals surface area contributed by atoms with Gasteiger partial charge in [0.15, 0.2) is 0 Å². The highest BCUT2D eigenvalue weighted by atomic mass is 79.9. The van der Waals surface area contributed by atoms with Gasteiger partial charge in [-0.15, -0.1) is 0 Å². The number of halogens is 3. The summed E-state index contributed by atoms with van der Waals surface area (Å²) in [6, 6.07) is 6.70. The zero-order chi connectivity index (χ0) is 12.1. The molecule has 0 amide bonds. The van der Waals surface area contributed by atoms with Gasteiger partial charge in [-0.25, -0.2) is 8.78 Å². The van der Waals surface area contributed by atoms with E-state index in [4.69, 9.17) is 10.4 Å². The molecular weight excluding hydrogens is 282 g/mol. The fraction of sp³-hybridized carbons (Fsp3) is 0.300. The average Bonchev–Trinajstić information content (AvgIpc) is 2.25. The Kier molecular flexibility index (Phi) is 4.65. The summed E-state index contributed by atoms with van der Waals surface area (Å²) in [6.45, 7) is -0.240. The Hall–Kier alpha value is -1.19. The number of anilines is 1. The lowest BCUT2D eigenvalue weighted by Gasteiger charge is -2.12. The van der Waals surface area contributed by atoms with Gasteiger partial charge in [0.1, 0.15) is 12.2 Å². The molecule has 86 valence electrons. The third-order valence-electron chi connectivity index (χ3n) is 1.90. The molecule has 1 rings (SSSR count). The quantitative estimate of drug-likeness (QED) is 0.895. The summed E-state index contributed by atoms with van der Waals surface area (Å²) in [4.78, 5) is 0. The number of nitriles is 1. The molecule has 1 atom stereocenters. The van der Waals surface area contributed by atoms with E-state index in [1.807, 2.05) is 6.07 Å². The van der Waals surface area contributed by atoms with E-state index >= 15 is 0 Å². The number of hydrogen-bond acceptors (Lipinski definition) is 3. The van der Waals surface area contributed by atoms with Crippen molar-refractivity contribution in [3.05, 3.63) is 28.2 Å². The highest BCUT2D eigenvalue weighted by Crippen LogP contribution is 2.20. The second kappa shape index (κ2) is 5.77. The van der Waals surface area contributed by atoms with E-state index in [1.54, 1.807) is 18.2 Å². The van der Waals surface area contributed by atoms with Crippen molar-refractivity contribution >= 4 is 21.6 Å². The minimum Gasteiger partial charge on any atom is -0.385 e. The SMILES string of the molecule is N#Cc1ccc(NCC(O)C(F)F)cc1Br. The van der Waals surface area contributed by atoms with E-state index in [1.165, 1.54) is 0 Å². The highest BCUT2D eigenvalue weighted by Gasteiger charge is 2.16. The van der Waals surface area contributed by atoms with Gasteiger partial charge in [-0.3, -0.25) is 0 Å². The molecule has 3 nitrogen and oxygen atoms in total. The maximum atomic E-state index is 12.0. The van der Waals surface area contributed by atoms with Crippen molar-refractivity contribution in [1.29, 1.82) is 5.26 Å². The molecule has 16 heavy (non-hydrogen) atoms. The van der Waals surface area contributed by atoms with Gasteiger partial charge in [0.05, 0.1) is 5.56 Å². The maximum absolute atomic E-state index is 12.0. The van der Waals surface area contributed by atoms with Crippen LogP contribution in [0.5, 0.6) is 0 Å². The standard InChI is InChI=1S/C10H9BrF2N2O/c11-8-3-7(2-1-6(8)4-14)15-5-9(16)10(12)13/h1-3,9-10,15-16H,5H2. The van der Waals surface area contributed by atoms with Gasteiger partial charge in [0, 0.05) is 16.7 Å². The van der Waals surface area contributed by atoms with Crippen LogP contribution in [0.15, 0.2) is 22.7 Å². The van der Waals surface area contributed by atoms with Crippen molar-refractivity contribution in [2.45, 2.75) is 12.5 Å². The van der Waals surface area contributed by atoms with Crippen LogP contribution < -0.4 is 5.32 Å². The minimum absolute atomic E-state index is 0.240. The summed E-state index contributed by atoms with van der Waals surface area (Å²) in [6.07, 6.45) is -4.47. The van der Waals surface area contributed by atoms with Gasteiger partial charge >= 0.3 is 0 Å². The fourth-order valence-corrected chi connectivity index (χ4v) is 1.49. The third-order valence-corrected chi connectivity index (χ3v) is 2.55. The number of aliphatic hydroxyl groups excluding tert-OH is 1. The zero-order valence-corrected chi connectivity index (χ0v) is 9.71. The summed E-state index contributed by atoms with van der Waals surface area (Å²) >= 11 is 3.17. The van der Waals surface area contributed by atoms with Crippen LogP contribution >= 0.6 is 15.9 Å². The molecule has 6 heteroatoms. The molecule has 2 N–H and O–H groups in total. The Morgan fingerprint density at radius 2 is 2.19 bits per heavy atom. The van der Waals surface area contributed by atoms with Crippen LogP contribution in [-0.2, 0) is 0 Å². The molecule has 0 bridgehead atoms. The van der Waals surface area contributed by atoms with Crippen molar-refractivity contribution in [1.82, 2.24) is 0 Å². The van der Waals surface area contributed by atoms with E-state index in [-0.39, 0.29) is 6.54 Å². The van der Waals surface area contributed by atoms with Crippen LogP contribution in [0.4, 0.5) is 14.5 Å². The molecule has 0 aliphatic rings.